The SMILES string of the molecule is CCC(C)N1CCN(C2CNCc3ccccc32)CC1. The summed E-state index contributed by atoms with van der Waals surface area (Å²) in [5, 5.41) is 3.58. The molecule has 0 aromatic heterocycles. The van der Waals surface area contributed by atoms with Crippen LogP contribution in [0.1, 0.15) is 37.4 Å². The maximum absolute atomic E-state index is 3.58. The van der Waals surface area contributed by atoms with Crippen molar-refractivity contribution in [3.8, 4) is 0 Å². The monoisotopic (exact) mass is 273 g/mol. The molecule has 3 nitrogen and oxygen atoms in total. The average molecular weight is 273 g/mol. The van der Waals surface area contributed by atoms with Gasteiger partial charge in [0.2, 0.25) is 0 Å². The van der Waals surface area contributed by atoms with Gasteiger partial charge in [-0.3, -0.25) is 9.80 Å². The summed E-state index contributed by atoms with van der Waals surface area (Å²) in [5.41, 5.74) is 3.02. The zero-order chi connectivity index (χ0) is 13.9. The molecule has 1 fully saturated rings. The van der Waals surface area contributed by atoms with Gasteiger partial charge >= 0.3 is 0 Å². The molecule has 2 atom stereocenters. The minimum atomic E-state index is 0.569. The van der Waals surface area contributed by atoms with Crippen molar-refractivity contribution in [1.82, 2.24) is 15.1 Å². The molecule has 1 aromatic rings. The normalized spacial score (nSPS) is 26.2. The largest absolute Gasteiger partial charge is 0.311 e. The van der Waals surface area contributed by atoms with Gasteiger partial charge in [0.1, 0.15) is 0 Å². The Balaban J connectivity index is 1.67. The van der Waals surface area contributed by atoms with Crippen molar-refractivity contribution < 1.29 is 0 Å². The molecule has 2 unspecified atom stereocenters. The van der Waals surface area contributed by atoms with E-state index in [1.165, 1.54) is 38.2 Å². The molecule has 0 amide bonds. The maximum atomic E-state index is 3.58. The molecule has 0 aliphatic carbocycles. The quantitative estimate of drug-likeness (QED) is 0.911. The van der Waals surface area contributed by atoms with Gasteiger partial charge < -0.3 is 5.32 Å². The fraction of sp³-hybridized carbons (Fsp3) is 0.647. The third-order valence-corrected chi connectivity index (χ3v) is 5.07. The number of nitrogens with zero attached hydrogens (tertiary/aromatic N) is 2. The zero-order valence-corrected chi connectivity index (χ0v) is 12.8. The summed E-state index contributed by atoms with van der Waals surface area (Å²) in [7, 11) is 0. The molecule has 20 heavy (non-hydrogen) atoms. The van der Waals surface area contributed by atoms with Gasteiger partial charge in [-0.05, 0) is 24.5 Å². The van der Waals surface area contributed by atoms with Crippen LogP contribution >= 0.6 is 0 Å². The van der Waals surface area contributed by atoms with Gasteiger partial charge in [-0.25, -0.2) is 0 Å². The van der Waals surface area contributed by atoms with E-state index in [1.807, 2.05) is 0 Å². The van der Waals surface area contributed by atoms with Crippen molar-refractivity contribution in [2.24, 2.45) is 0 Å². The third-order valence-electron chi connectivity index (χ3n) is 5.07. The van der Waals surface area contributed by atoms with Gasteiger partial charge in [0.05, 0.1) is 0 Å². The summed E-state index contributed by atoms with van der Waals surface area (Å²) in [6.45, 7) is 11.6. The number of piperazine rings is 1. The summed E-state index contributed by atoms with van der Waals surface area (Å²) in [5.74, 6) is 0. The standard InChI is InChI=1S/C17H27N3/c1-3-14(2)19-8-10-20(11-9-19)17-13-18-12-15-6-4-5-7-16(15)17/h4-7,14,17-18H,3,8-13H2,1-2H3. The Kier molecular flexibility index (Phi) is 4.39. The predicted molar refractivity (Wildman–Crippen MR) is 83.8 cm³/mol. The van der Waals surface area contributed by atoms with Gasteiger partial charge in [0.15, 0.2) is 0 Å². The second-order valence-corrected chi connectivity index (χ2v) is 6.17. The summed E-state index contributed by atoms with van der Waals surface area (Å²) >= 11 is 0. The highest BCUT2D eigenvalue weighted by Crippen LogP contribution is 2.28. The molecule has 0 radical (unpaired) electrons. The molecule has 110 valence electrons. The third kappa shape index (κ3) is 2.76. The Hall–Kier alpha value is -0.900. The van der Waals surface area contributed by atoms with E-state index >= 15 is 0 Å². The second kappa shape index (κ2) is 6.25. The van der Waals surface area contributed by atoms with Gasteiger partial charge in [0, 0.05) is 51.4 Å². The fourth-order valence-electron chi connectivity index (χ4n) is 3.55. The average Bonchev–Trinajstić information content (AvgIpc) is 2.54. The molecule has 0 spiro atoms. The number of rotatable bonds is 3. The van der Waals surface area contributed by atoms with Crippen LogP contribution in [0.25, 0.3) is 0 Å². The molecular weight excluding hydrogens is 246 g/mol. The van der Waals surface area contributed by atoms with E-state index in [0.29, 0.717) is 6.04 Å². The number of fused-ring (bicyclic) bond motifs is 1. The molecule has 0 saturated carbocycles. The van der Waals surface area contributed by atoms with E-state index in [-0.39, 0.29) is 0 Å². The molecule has 3 rings (SSSR count). The van der Waals surface area contributed by atoms with Gasteiger partial charge in [-0.2, -0.15) is 0 Å². The first-order valence-electron chi connectivity index (χ1n) is 8.06. The molecule has 2 aliphatic rings. The minimum absolute atomic E-state index is 0.569. The van der Waals surface area contributed by atoms with Crippen molar-refractivity contribution in [2.75, 3.05) is 32.7 Å². The maximum Gasteiger partial charge on any atom is 0.0477 e. The molecule has 0 bridgehead atoms. The molecule has 2 aliphatic heterocycles. The molecule has 1 aromatic carbocycles. The molecular formula is C17H27N3. The fourth-order valence-corrected chi connectivity index (χ4v) is 3.55. The van der Waals surface area contributed by atoms with Crippen LogP contribution in [0.3, 0.4) is 0 Å². The highest BCUT2D eigenvalue weighted by Gasteiger charge is 2.29. The first kappa shape index (κ1) is 14.1. The van der Waals surface area contributed by atoms with E-state index in [4.69, 9.17) is 0 Å². The van der Waals surface area contributed by atoms with E-state index in [1.54, 1.807) is 5.56 Å². The van der Waals surface area contributed by atoms with Crippen LogP contribution in [-0.2, 0) is 6.54 Å². The van der Waals surface area contributed by atoms with Gasteiger partial charge in [0.25, 0.3) is 0 Å². The van der Waals surface area contributed by atoms with Crippen molar-refractivity contribution in [3.05, 3.63) is 35.4 Å². The van der Waals surface area contributed by atoms with Crippen LogP contribution in [0, 0.1) is 0 Å². The Bertz CT molecular complexity index is 438. The topological polar surface area (TPSA) is 18.5 Å². The summed E-state index contributed by atoms with van der Waals surface area (Å²) in [6.07, 6.45) is 1.26. The lowest BCUT2D eigenvalue weighted by molar-refractivity contribution is 0.0693. The Labute approximate surface area is 123 Å². The molecule has 1 N–H and O–H groups in total. The minimum Gasteiger partial charge on any atom is -0.311 e. The van der Waals surface area contributed by atoms with Gasteiger partial charge in [-0.1, -0.05) is 31.2 Å². The van der Waals surface area contributed by atoms with Crippen LogP contribution < -0.4 is 5.32 Å². The highest BCUT2D eigenvalue weighted by molar-refractivity contribution is 5.32. The molecule has 2 heterocycles. The molecule has 1 saturated heterocycles. The summed E-state index contributed by atoms with van der Waals surface area (Å²) in [6, 6.07) is 10.2. The highest BCUT2D eigenvalue weighted by atomic mass is 15.3. The Morgan fingerprint density at radius 3 is 2.70 bits per heavy atom. The van der Waals surface area contributed by atoms with E-state index in [2.05, 4.69) is 53.2 Å². The Morgan fingerprint density at radius 1 is 1.20 bits per heavy atom. The first-order chi connectivity index (χ1) is 9.79. The predicted octanol–water partition coefficient (Wildman–Crippen LogP) is 2.25. The second-order valence-electron chi connectivity index (χ2n) is 6.17. The number of benzene rings is 1. The van der Waals surface area contributed by atoms with E-state index < -0.39 is 0 Å². The van der Waals surface area contributed by atoms with Crippen molar-refractivity contribution >= 4 is 0 Å². The smallest absolute Gasteiger partial charge is 0.0477 e. The van der Waals surface area contributed by atoms with E-state index in [9.17, 15) is 0 Å². The summed E-state index contributed by atoms with van der Waals surface area (Å²) in [4.78, 5) is 5.31. The van der Waals surface area contributed by atoms with Crippen LogP contribution in [0.5, 0.6) is 0 Å². The first-order valence-corrected chi connectivity index (χ1v) is 8.06. The van der Waals surface area contributed by atoms with Crippen molar-refractivity contribution in [3.63, 3.8) is 0 Å². The van der Waals surface area contributed by atoms with Crippen molar-refractivity contribution in [2.45, 2.75) is 38.9 Å². The van der Waals surface area contributed by atoms with Gasteiger partial charge in [-0.15, -0.1) is 0 Å². The summed E-state index contributed by atoms with van der Waals surface area (Å²) < 4.78 is 0. The van der Waals surface area contributed by atoms with Crippen molar-refractivity contribution in [1.29, 1.82) is 0 Å². The van der Waals surface area contributed by atoms with Crippen LogP contribution in [0.2, 0.25) is 0 Å². The van der Waals surface area contributed by atoms with Crippen LogP contribution in [0.15, 0.2) is 24.3 Å². The number of nitrogens with one attached hydrogen (secondary N) is 1. The molecule has 3 heteroatoms. The lowest BCUT2D eigenvalue weighted by Gasteiger charge is -2.43. The van der Waals surface area contributed by atoms with Crippen LogP contribution in [0.4, 0.5) is 0 Å². The lowest BCUT2D eigenvalue weighted by Crippen LogP contribution is -2.52. The number of hydrogen-bond donors (Lipinski definition) is 1. The van der Waals surface area contributed by atoms with Crippen LogP contribution in [-0.4, -0.2) is 48.6 Å². The lowest BCUT2D eigenvalue weighted by atomic mass is 9.95. The zero-order valence-electron chi connectivity index (χ0n) is 12.8. The Morgan fingerprint density at radius 2 is 1.95 bits per heavy atom. The van der Waals surface area contributed by atoms with E-state index in [0.717, 1.165) is 19.1 Å². The number of hydrogen-bond acceptors (Lipinski definition) is 3.